The molecule has 104 valence electrons. The van der Waals surface area contributed by atoms with Crippen molar-refractivity contribution in [3.8, 4) is 0 Å². The highest BCUT2D eigenvalue weighted by molar-refractivity contribution is 5.82. The van der Waals surface area contributed by atoms with Crippen LogP contribution in [0.4, 0.5) is 0 Å². The van der Waals surface area contributed by atoms with Crippen molar-refractivity contribution in [2.45, 2.75) is 58.2 Å². The summed E-state index contributed by atoms with van der Waals surface area (Å²) >= 11 is 0. The molecule has 2 rings (SSSR count). The molecule has 19 heavy (non-hydrogen) atoms. The van der Waals surface area contributed by atoms with Crippen molar-refractivity contribution in [1.29, 1.82) is 0 Å². The predicted octanol–water partition coefficient (Wildman–Crippen LogP) is 2.70. The van der Waals surface area contributed by atoms with E-state index >= 15 is 0 Å². The number of hydrogen-bond donors (Lipinski definition) is 2. The molecule has 0 aromatic heterocycles. The first-order valence-electron chi connectivity index (χ1n) is 7.20. The van der Waals surface area contributed by atoms with Gasteiger partial charge in [-0.1, -0.05) is 24.3 Å². The zero-order valence-corrected chi connectivity index (χ0v) is 12.1. The quantitative estimate of drug-likeness (QED) is 0.877. The Labute approximate surface area is 115 Å². The molecule has 1 aliphatic rings. The Morgan fingerprint density at radius 2 is 2.11 bits per heavy atom. The highest BCUT2D eigenvalue weighted by Crippen LogP contribution is 2.18. The zero-order valence-electron chi connectivity index (χ0n) is 12.1. The minimum absolute atomic E-state index is 0.0322. The highest BCUT2D eigenvalue weighted by atomic mass is 16.2. The summed E-state index contributed by atoms with van der Waals surface area (Å²) in [6.45, 7) is 6.27. The summed E-state index contributed by atoms with van der Waals surface area (Å²) < 4.78 is 0. The van der Waals surface area contributed by atoms with E-state index < -0.39 is 0 Å². The van der Waals surface area contributed by atoms with Crippen LogP contribution in [-0.2, 0) is 4.79 Å². The number of nitrogens with one attached hydrogen (secondary N) is 2. The molecule has 3 unspecified atom stereocenters. The number of benzene rings is 1. The second-order valence-corrected chi connectivity index (χ2v) is 5.64. The first-order chi connectivity index (χ1) is 9.08. The molecule has 1 aromatic rings. The van der Waals surface area contributed by atoms with Gasteiger partial charge in [0.1, 0.15) is 0 Å². The molecule has 0 spiro atoms. The third-order valence-corrected chi connectivity index (χ3v) is 3.95. The second-order valence-electron chi connectivity index (χ2n) is 5.64. The Bertz CT molecular complexity index is 444. The Morgan fingerprint density at radius 1 is 1.37 bits per heavy atom. The topological polar surface area (TPSA) is 41.1 Å². The SMILES string of the molecule is Cc1ccccc1C(C)NC(=O)C1CCCC(C)N1. The van der Waals surface area contributed by atoms with E-state index in [-0.39, 0.29) is 18.0 Å². The molecule has 1 amide bonds. The number of hydrogen-bond acceptors (Lipinski definition) is 2. The van der Waals surface area contributed by atoms with Crippen LogP contribution in [0.2, 0.25) is 0 Å². The molecule has 3 nitrogen and oxygen atoms in total. The standard InChI is InChI=1S/C16H24N2O/c1-11-7-4-5-9-14(11)13(3)18-16(19)15-10-6-8-12(2)17-15/h4-5,7,9,12-13,15,17H,6,8,10H2,1-3H3,(H,18,19). The van der Waals surface area contributed by atoms with Gasteiger partial charge in [-0.15, -0.1) is 0 Å². The lowest BCUT2D eigenvalue weighted by atomic mass is 9.98. The molecule has 0 bridgehead atoms. The molecule has 3 atom stereocenters. The zero-order chi connectivity index (χ0) is 13.8. The molecule has 0 aliphatic carbocycles. The van der Waals surface area contributed by atoms with Crippen LogP contribution in [0.1, 0.15) is 50.3 Å². The maximum atomic E-state index is 12.3. The minimum atomic E-state index is -0.0322. The first kappa shape index (κ1) is 14.1. The van der Waals surface area contributed by atoms with Crippen LogP contribution in [-0.4, -0.2) is 18.0 Å². The van der Waals surface area contributed by atoms with Crippen LogP contribution in [0.25, 0.3) is 0 Å². The van der Waals surface area contributed by atoms with Gasteiger partial charge in [-0.2, -0.15) is 0 Å². The fourth-order valence-electron chi connectivity index (χ4n) is 2.81. The van der Waals surface area contributed by atoms with E-state index in [4.69, 9.17) is 0 Å². The smallest absolute Gasteiger partial charge is 0.237 e. The van der Waals surface area contributed by atoms with Gasteiger partial charge in [-0.25, -0.2) is 0 Å². The summed E-state index contributed by atoms with van der Waals surface area (Å²) in [6.07, 6.45) is 3.23. The minimum Gasteiger partial charge on any atom is -0.348 e. The molecule has 0 saturated carbocycles. The van der Waals surface area contributed by atoms with E-state index in [9.17, 15) is 4.79 Å². The summed E-state index contributed by atoms with van der Waals surface area (Å²) in [5.41, 5.74) is 2.42. The van der Waals surface area contributed by atoms with Gasteiger partial charge in [0.05, 0.1) is 12.1 Å². The average molecular weight is 260 g/mol. The first-order valence-corrected chi connectivity index (χ1v) is 7.20. The van der Waals surface area contributed by atoms with E-state index in [1.807, 2.05) is 19.1 Å². The van der Waals surface area contributed by atoms with Crippen molar-refractivity contribution >= 4 is 5.91 Å². The summed E-state index contributed by atoms with van der Waals surface area (Å²) in [6, 6.07) is 8.68. The van der Waals surface area contributed by atoms with Gasteiger partial charge < -0.3 is 10.6 Å². The van der Waals surface area contributed by atoms with Crippen LogP contribution in [0.3, 0.4) is 0 Å². The molecule has 1 fully saturated rings. The van der Waals surface area contributed by atoms with Gasteiger partial charge in [0.25, 0.3) is 0 Å². The van der Waals surface area contributed by atoms with E-state index in [1.165, 1.54) is 11.1 Å². The number of carbonyl (C=O) groups excluding carboxylic acids is 1. The summed E-state index contributed by atoms with van der Waals surface area (Å²) in [7, 11) is 0. The third kappa shape index (κ3) is 3.57. The van der Waals surface area contributed by atoms with E-state index in [1.54, 1.807) is 0 Å². The van der Waals surface area contributed by atoms with Crippen molar-refractivity contribution in [2.75, 3.05) is 0 Å². The van der Waals surface area contributed by atoms with Crippen LogP contribution >= 0.6 is 0 Å². The fourth-order valence-corrected chi connectivity index (χ4v) is 2.81. The van der Waals surface area contributed by atoms with Gasteiger partial charge in [0.15, 0.2) is 0 Å². The predicted molar refractivity (Wildman–Crippen MR) is 78.0 cm³/mol. The third-order valence-electron chi connectivity index (χ3n) is 3.95. The molecule has 1 heterocycles. The number of aryl methyl sites for hydroxylation is 1. The Kier molecular flexibility index (Phi) is 4.59. The Morgan fingerprint density at radius 3 is 2.79 bits per heavy atom. The summed E-state index contributed by atoms with van der Waals surface area (Å²) in [4.78, 5) is 12.3. The number of amides is 1. The number of piperidine rings is 1. The molecule has 1 aliphatic heterocycles. The Balaban J connectivity index is 1.97. The van der Waals surface area contributed by atoms with E-state index in [2.05, 4.69) is 36.6 Å². The normalized spacial score (nSPS) is 24.8. The van der Waals surface area contributed by atoms with Crippen molar-refractivity contribution in [3.05, 3.63) is 35.4 Å². The molecule has 1 aromatic carbocycles. The largest absolute Gasteiger partial charge is 0.348 e. The fraction of sp³-hybridized carbons (Fsp3) is 0.562. The van der Waals surface area contributed by atoms with Crippen molar-refractivity contribution < 1.29 is 4.79 Å². The van der Waals surface area contributed by atoms with Crippen LogP contribution in [0, 0.1) is 6.92 Å². The lowest BCUT2D eigenvalue weighted by Gasteiger charge is -2.29. The van der Waals surface area contributed by atoms with E-state index in [0.29, 0.717) is 6.04 Å². The monoisotopic (exact) mass is 260 g/mol. The molecule has 3 heteroatoms. The van der Waals surface area contributed by atoms with Crippen molar-refractivity contribution in [2.24, 2.45) is 0 Å². The average Bonchev–Trinajstić information content (AvgIpc) is 2.39. The molecular formula is C16H24N2O. The van der Waals surface area contributed by atoms with E-state index in [0.717, 1.165) is 19.3 Å². The van der Waals surface area contributed by atoms with Crippen LogP contribution < -0.4 is 10.6 Å². The Hall–Kier alpha value is -1.35. The lowest BCUT2D eigenvalue weighted by Crippen LogP contribution is -2.50. The highest BCUT2D eigenvalue weighted by Gasteiger charge is 2.25. The van der Waals surface area contributed by atoms with Gasteiger partial charge in [0, 0.05) is 6.04 Å². The van der Waals surface area contributed by atoms with Crippen LogP contribution in [0.5, 0.6) is 0 Å². The van der Waals surface area contributed by atoms with Crippen molar-refractivity contribution in [3.63, 3.8) is 0 Å². The summed E-state index contributed by atoms with van der Waals surface area (Å²) in [5, 5.41) is 6.50. The van der Waals surface area contributed by atoms with Crippen molar-refractivity contribution in [1.82, 2.24) is 10.6 Å². The maximum Gasteiger partial charge on any atom is 0.237 e. The molecular weight excluding hydrogens is 236 g/mol. The lowest BCUT2D eigenvalue weighted by molar-refractivity contribution is -0.124. The van der Waals surface area contributed by atoms with Crippen LogP contribution in [0.15, 0.2) is 24.3 Å². The van der Waals surface area contributed by atoms with Gasteiger partial charge >= 0.3 is 0 Å². The molecule has 0 radical (unpaired) electrons. The van der Waals surface area contributed by atoms with Gasteiger partial charge in [-0.05, 0) is 51.2 Å². The number of rotatable bonds is 3. The second kappa shape index (κ2) is 6.20. The maximum absolute atomic E-state index is 12.3. The molecule has 2 N–H and O–H groups in total. The van der Waals surface area contributed by atoms with Gasteiger partial charge in [0.2, 0.25) is 5.91 Å². The molecule has 1 saturated heterocycles. The summed E-state index contributed by atoms with van der Waals surface area (Å²) in [5.74, 6) is 0.127. The number of carbonyl (C=O) groups is 1. The van der Waals surface area contributed by atoms with Gasteiger partial charge in [-0.3, -0.25) is 4.79 Å².